The fraction of sp³-hybridized carbons (Fsp3) is 0.600. The highest BCUT2D eigenvalue weighted by Crippen LogP contribution is 2.27. The fourth-order valence-electron chi connectivity index (χ4n) is 3.01. The minimum absolute atomic E-state index is 0.00562. The van der Waals surface area contributed by atoms with Crippen molar-refractivity contribution in [2.24, 2.45) is 0 Å². The number of nitrogens with zero attached hydrogens (tertiary/aromatic N) is 2. The number of esters is 1. The van der Waals surface area contributed by atoms with Gasteiger partial charge in [0.05, 0.1) is 37.4 Å². The number of sulfone groups is 1. The number of pyridine rings is 1. The first-order valence-electron chi connectivity index (χ1n) is 8.36. The summed E-state index contributed by atoms with van der Waals surface area (Å²) in [6.07, 6.45) is 1.57. The lowest BCUT2D eigenvalue weighted by Crippen LogP contribution is -2.41. The van der Waals surface area contributed by atoms with Crippen LogP contribution >= 0.6 is 0 Å². The van der Waals surface area contributed by atoms with Crippen molar-refractivity contribution in [1.29, 1.82) is 0 Å². The van der Waals surface area contributed by atoms with Crippen LogP contribution in [0.3, 0.4) is 0 Å². The van der Waals surface area contributed by atoms with E-state index >= 15 is 0 Å². The largest absolute Gasteiger partial charge is 0.465 e. The summed E-state index contributed by atoms with van der Waals surface area (Å²) in [6, 6.07) is 0.764. The molecule has 1 aromatic rings. The summed E-state index contributed by atoms with van der Waals surface area (Å²) in [5.74, 6) is -0.742. The van der Waals surface area contributed by atoms with Crippen LogP contribution in [0.25, 0.3) is 0 Å². The Hall–Kier alpha value is -1.76. The summed E-state index contributed by atoms with van der Waals surface area (Å²) in [6.45, 7) is 0.907. The summed E-state index contributed by atoms with van der Waals surface area (Å²) in [7, 11) is -5.92. The van der Waals surface area contributed by atoms with Crippen LogP contribution < -0.4 is 5.32 Å². The maximum absolute atomic E-state index is 13.1. The second-order valence-corrected chi connectivity index (χ2v) is 10.5. The Morgan fingerprint density at radius 2 is 2.07 bits per heavy atom. The molecule has 27 heavy (non-hydrogen) atoms. The summed E-state index contributed by atoms with van der Waals surface area (Å²) in [4.78, 5) is 15.7. The normalized spacial score (nSPS) is 23.1. The van der Waals surface area contributed by atoms with Crippen molar-refractivity contribution >= 4 is 31.6 Å². The molecule has 150 valence electrons. The Balaban J connectivity index is 1.98. The van der Waals surface area contributed by atoms with E-state index in [-0.39, 0.29) is 54.1 Å². The molecule has 2 saturated heterocycles. The molecule has 0 aromatic carbocycles. The molecule has 0 aliphatic carbocycles. The Morgan fingerprint density at radius 3 is 2.67 bits per heavy atom. The van der Waals surface area contributed by atoms with E-state index in [1.807, 2.05) is 0 Å². The summed E-state index contributed by atoms with van der Waals surface area (Å²) < 4.78 is 60.6. The molecule has 1 aromatic heterocycles. The minimum Gasteiger partial charge on any atom is -0.465 e. The first-order chi connectivity index (χ1) is 12.7. The van der Waals surface area contributed by atoms with Crippen molar-refractivity contribution in [3.8, 4) is 0 Å². The summed E-state index contributed by atoms with van der Waals surface area (Å²) in [5.41, 5.74) is -0.00562. The van der Waals surface area contributed by atoms with Crippen LogP contribution in [0.4, 0.5) is 5.82 Å². The van der Waals surface area contributed by atoms with E-state index in [2.05, 4.69) is 15.0 Å². The molecule has 3 rings (SSSR count). The second kappa shape index (κ2) is 7.70. The zero-order valence-electron chi connectivity index (χ0n) is 14.8. The molecule has 0 saturated carbocycles. The van der Waals surface area contributed by atoms with Gasteiger partial charge in [-0.25, -0.2) is 26.6 Å². The molecule has 1 N–H and O–H groups in total. The zero-order chi connectivity index (χ0) is 19.7. The minimum atomic E-state index is -3.96. The molecule has 0 amide bonds. The third kappa shape index (κ3) is 4.39. The number of hydrogen-bond donors (Lipinski definition) is 1. The molecule has 1 unspecified atom stereocenters. The van der Waals surface area contributed by atoms with E-state index in [9.17, 15) is 21.6 Å². The van der Waals surface area contributed by atoms with Gasteiger partial charge in [0, 0.05) is 25.3 Å². The number of morpholine rings is 1. The monoisotopic (exact) mass is 419 g/mol. The fourth-order valence-corrected chi connectivity index (χ4v) is 6.22. The van der Waals surface area contributed by atoms with Crippen LogP contribution in [0.2, 0.25) is 0 Å². The van der Waals surface area contributed by atoms with Gasteiger partial charge in [-0.15, -0.1) is 0 Å². The van der Waals surface area contributed by atoms with Crippen molar-refractivity contribution in [2.45, 2.75) is 17.4 Å². The number of carbonyl (C=O) groups excluding carboxylic acids is 1. The molecule has 3 heterocycles. The predicted molar refractivity (Wildman–Crippen MR) is 95.8 cm³/mol. The zero-order valence-corrected chi connectivity index (χ0v) is 16.4. The van der Waals surface area contributed by atoms with Crippen LogP contribution in [0.15, 0.2) is 17.2 Å². The average molecular weight is 419 g/mol. The van der Waals surface area contributed by atoms with Crippen LogP contribution in [0, 0.1) is 0 Å². The standard InChI is InChI=1S/C15H21N3O7S2/c1-24-15(19)11-8-13(27(22,23)18-3-5-25-6-4-18)14(16-9-11)17-12-2-7-26(20,21)10-12/h8-9,12H,2-7,10H2,1H3,(H,16,17). The van der Waals surface area contributed by atoms with E-state index in [0.29, 0.717) is 6.42 Å². The number of methoxy groups -OCH3 is 1. The number of nitrogens with one attached hydrogen (secondary N) is 1. The smallest absolute Gasteiger partial charge is 0.339 e. The molecule has 2 aliphatic rings. The Bertz CT molecular complexity index is 925. The number of ether oxygens (including phenoxy) is 2. The topological polar surface area (TPSA) is 132 Å². The van der Waals surface area contributed by atoms with Crippen molar-refractivity contribution in [2.75, 3.05) is 50.2 Å². The maximum Gasteiger partial charge on any atom is 0.339 e. The van der Waals surface area contributed by atoms with Gasteiger partial charge in [0.2, 0.25) is 10.0 Å². The highest BCUT2D eigenvalue weighted by atomic mass is 32.2. The molecule has 2 aliphatic heterocycles. The lowest BCUT2D eigenvalue weighted by Gasteiger charge is -2.27. The summed E-state index contributed by atoms with van der Waals surface area (Å²) in [5, 5.41) is 2.91. The Morgan fingerprint density at radius 1 is 1.37 bits per heavy atom. The molecule has 1 atom stereocenters. The number of sulfonamides is 1. The van der Waals surface area contributed by atoms with Gasteiger partial charge in [0.15, 0.2) is 9.84 Å². The van der Waals surface area contributed by atoms with Gasteiger partial charge in [-0.3, -0.25) is 0 Å². The number of aromatic nitrogens is 1. The van der Waals surface area contributed by atoms with Crippen LogP contribution in [-0.4, -0.2) is 83.1 Å². The van der Waals surface area contributed by atoms with E-state index in [0.717, 1.165) is 0 Å². The molecule has 2 fully saturated rings. The van der Waals surface area contributed by atoms with Gasteiger partial charge in [0.1, 0.15) is 10.7 Å². The van der Waals surface area contributed by atoms with Crippen molar-refractivity contribution < 1.29 is 31.1 Å². The van der Waals surface area contributed by atoms with Crippen molar-refractivity contribution in [3.05, 3.63) is 17.8 Å². The third-order valence-corrected chi connectivity index (χ3v) is 8.11. The predicted octanol–water partition coefficient (Wildman–Crippen LogP) is -0.512. The highest BCUT2D eigenvalue weighted by molar-refractivity contribution is 7.91. The van der Waals surface area contributed by atoms with Gasteiger partial charge >= 0.3 is 5.97 Å². The highest BCUT2D eigenvalue weighted by Gasteiger charge is 2.33. The molecular formula is C15H21N3O7S2. The first kappa shape index (κ1) is 20.0. The number of rotatable bonds is 5. The lowest BCUT2D eigenvalue weighted by atomic mass is 10.2. The van der Waals surface area contributed by atoms with Gasteiger partial charge in [0.25, 0.3) is 0 Å². The Labute approximate surface area is 157 Å². The SMILES string of the molecule is COC(=O)c1cnc(NC2CCS(=O)(=O)C2)c(S(=O)(=O)N2CCOCC2)c1. The quantitative estimate of drug-likeness (QED) is 0.627. The van der Waals surface area contributed by atoms with Crippen LogP contribution in [-0.2, 0) is 29.3 Å². The van der Waals surface area contributed by atoms with Gasteiger partial charge in [-0.05, 0) is 12.5 Å². The first-order valence-corrected chi connectivity index (χ1v) is 11.6. The van der Waals surface area contributed by atoms with E-state index in [4.69, 9.17) is 4.74 Å². The average Bonchev–Trinajstić information content (AvgIpc) is 3.00. The number of hydrogen-bond acceptors (Lipinski definition) is 9. The van der Waals surface area contributed by atoms with E-state index in [1.165, 1.54) is 23.7 Å². The molecule has 10 nitrogen and oxygen atoms in total. The van der Waals surface area contributed by atoms with Gasteiger partial charge in [-0.1, -0.05) is 0 Å². The Kier molecular flexibility index (Phi) is 5.70. The summed E-state index contributed by atoms with van der Waals surface area (Å²) >= 11 is 0. The third-order valence-electron chi connectivity index (χ3n) is 4.43. The van der Waals surface area contributed by atoms with E-state index < -0.39 is 31.9 Å². The molecular weight excluding hydrogens is 398 g/mol. The van der Waals surface area contributed by atoms with Crippen LogP contribution in [0.1, 0.15) is 16.8 Å². The van der Waals surface area contributed by atoms with E-state index in [1.54, 1.807) is 0 Å². The molecule has 0 spiro atoms. The van der Waals surface area contributed by atoms with Crippen LogP contribution in [0.5, 0.6) is 0 Å². The van der Waals surface area contributed by atoms with Gasteiger partial charge < -0.3 is 14.8 Å². The number of anilines is 1. The molecule has 0 bridgehead atoms. The molecule has 12 heteroatoms. The lowest BCUT2D eigenvalue weighted by molar-refractivity contribution is 0.0600. The van der Waals surface area contributed by atoms with Gasteiger partial charge in [-0.2, -0.15) is 4.31 Å². The van der Waals surface area contributed by atoms with Crippen molar-refractivity contribution in [1.82, 2.24) is 9.29 Å². The number of carbonyl (C=O) groups is 1. The van der Waals surface area contributed by atoms with Crippen molar-refractivity contribution in [3.63, 3.8) is 0 Å². The second-order valence-electron chi connectivity index (χ2n) is 6.32. The maximum atomic E-state index is 13.1. The molecule has 0 radical (unpaired) electrons.